The fourth-order valence-electron chi connectivity index (χ4n) is 2.71. The van der Waals surface area contributed by atoms with Crippen LogP contribution in [0, 0.1) is 17.6 Å². The van der Waals surface area contributed by atoms with Crippen LogP contribution in [-0.2, 0) is 11.2 Å². The molecular weight excluding hydrogens is 298 g/mol. The molecule has 0 bridgehead atoms. The summed E-state index contributed by atoms with van der Waals surface area (Å²) in [5, 5.41) is 3.11. The lowest BCUT2D eigenvalue weighted by atomic mass is 9.97. The fraction of sp³-hybridized carbons (Fsp3) is 0.533. The third kappa shape index (κ3) is 4.64. The van der Waals surface area contributed by atoms with Gasteiger partial charge in [-0.15, -0.1) is 12.4 Å². The SMILES string of the molecule is CNCC1CCCN(C(=O)Cc2c(F)cccc2F)C1.Cl. The molecule has 0 radical (unpaired) electrons. The van der Waals surface area contributed by atoms with E-state index in [0.717, 1.165) is 19.4 Å². The number of amides is 1. The van der Waals surface area contributed by atoms with Gasteiger partial charge in [-0.05, 0) is 44.5 Å². The molecule has 0 spiro atoms. The van der Waals surface area contributed by atoms with E-state index in [9.17, 15) is 13.6 Å². The van der Waals surface area contributed by atoms with Crippen LogP contribution in [0.1, 0.15) is 18.4 Å². The predicted octanol–water partition coefficient (Wildman–Crippen LogP) is 2.39. The number of nitrogens with one attached hydrogen (secondary N) is 1. The first-order valence-corrected chi connectivity index (χ1v) is 6.97. The van der Waals surface area contributed by atoms with E-state index >= 15 is 0 Å². The van der Waals surface area contributed by atoms with Crippen LogP contribution in [0.5, 0.6) is 0 Å². The standard InChI is InChI=1S/C15H20F2N2O.ClH/c1-18-9-11-4-3-7-19(10-11)15(20)8-12-13(16)5-2-6-14(12)17;/h2,5-6,11,18H,3-4,7-10H2,1H3;1H. The molecule has 1 unspecified atom stereocenters. The van der Waals surface area contributed by atoms with Gasteiger partial charge in [0.2, 0.25) is 5.91 Å². The first-order chi connectivity index (χ1) is 9.61. The molecule has 1 aliphatic heterocycles. The Labute approximate surface area is 130 Å². The van der Waals surface area contributed by atoms with Crippen LogP contribution < -0.4 is 5.32 Å². The van der Waals surface area contributed by atoms with E-state index in [2.05, 4.69) is 5.32 Å². The van der Waals surface area contributed by atoms with Crippen molar-refractivity contribution >= 4 is 18.3 Å². The second-order valence-electron chi connectivity index (χ2n) is 5.28. The molecule has 1 amide bonds. The minimum Gasteiger partial charge on any atom is -0.342 e. The van der Waals surface area contributed by atoms with Crippen molar-refractivity contribution in [1.29, 1.82) is 0 Å². The van der Waals surface area contributed by atoms with Crippen molar-refractivity contribution in [2.45, 2.75) is 19.3 Å². The summed E-state index contributed by atoms with van der Waals surface area (Å²) in [5.74, 6) is -1.08. The molecule has 0 aromatic heterocycles. The first-order valence-electron chi connectivity index (χ1n) is 6.97. The van der Waals surface area contributed by atoms with Gasteiger partial charge in [-0.1, -0.05) is 6.07 Å². The first kappa shape index (κ1) is 17.9. The van der Waals surface area contributed by atoms with Gasteiger partial charge >= 0.3 is 0 Å². The van der Waals surface area contributed by atoms with Gasteiger partial charge in [-0.25, -0.2) is 8.78 Å². The Kier molecular flexibility index (Phi) is 7.05. The number of carbonyl (C=O) groups is 1. The number of hydrogen-bond acceptors (Lipinski definition) is 2. The van der Waals surface area contributed by atoms with Crippen LogP contribution in [0.4, 0.5) is 8.78 Å². The zero-order valence-corrected chi connectivity index (χ0v) is 12.9. The Balaban J connectivity index is 0.00000220. The average molecular weight is 319 g/mol. The zero-order chi connectivity index (χ0) is 14.5. The molecule has 1 aromatic carbocycles. The van der Waals surface area contributed by atoms with Crippen LogP contribution in [-0.4, -0.2) is 37.5 Å². The smallest absolute Gasteiger partial charge is 0.227 e. The third-order valence-corrected chi connectivity index (χ3v) is 3.75. The van der Waals surface area contributed by atoms with Gasteiger partial charge in [0.05, 0.1) is 6.42 Å². The van der Waals surface area contributed by atoms with E-state index in [-0.39, 0.29) is 30.3 Å². The minimum atomic E-state index is -0.651. The number of carbonyl (C=O) groups excluding carboxylic acids is 1. The van der Waals surface area contributed by atoms with Crippen molar-refractivity contribution < 1.29 is 13.6 Å². The van der Waals surface area contributed by atoms with Gasteiger partial charge in [-0.3, -0.25) is 4.79 Å². The molecule has 1 N–H and O–H groups in total. The molecule has 1 heterocycles. The van der Waals surface area contributed by atoms with Crippen molar-refractivity contribution in [3.05, 3.63) is 35.4 Å². The highest BCUT2D eigenvalue weighted by atomic mass is 35.5. The topological polar surface area (TPSA) is 32.3 Å². The largest absolute Gasteiger partial charge is 0.342 e. The molecule has 1 atom stereocenters. The Morgan fingerprint density at radius 2 is 2.05 bits per heavy atom. The molecule has 0 aliphatic carbocycles. The minimum absolute atomic E-state index is 0. The van der Waals surface area contributed by atoms with Gasteiger partial charge < -0.3 is 10.2 Å². The zero-order valence-electron chi connectivity index (χ0n) is 12.1. The van der Waals surface area contributed by atoms with Crippen molar-refractivity contribution in [1.82, 2.24) is 10.2 Å². The van der Waals surface area contributed by atoms with Crippen LogP contribution in [0.3, 0.4) is 0 Å². The Morgan fingerprint density at radius 3 is 2.67 bits per heavy atom. The Hall–Kier alpha value is -1.20. The third-order valence-electron chi connectivity index (χ3n) is 3.75. The monoisotopic (exact) mass is 318 g/mol. The number of rotatable bonds is 4. The van der Waals surface area contributed by atoms with E-state index in [4.69, 9.17) is 0 Å². The van der Waals surface area contributed by atoms with E-state index in [0.29, 0.717) is 19.0 Å². The maximum atomic E-state index is 13.6. The van der Waals surface area contributed by atoms with Crippen LogP contribution in [0.15, 0.2) is 18.2 Å². The van der Waals surface area contributed by atoms with E-state index in [1.165, 1.54) is 18.2 Å². The molecule has 1 fully saturated rings. The summed E-state index contributed by atoms with van der Waals surface area (Å²) in [6.07, 6.45) is 1.82. The maximum absolute atomic E-state index is 13.6. The van der Waals surface area contributed by atoms with Crippen LogP contribution in [0.25, 0.3) is 0 Å². The van der Waals surface area contributed by atoms with Crippen LogP contribution in [0.2, 0.25) is 0 Å². The second-order valence-corrected chi connectivity index (χ2v) is 5.28. The number of nitrogens with zero attached hydrogens (tertiary/aromatic N) is 1. The summed E-state index contributed by atoms with van der Waals surface area (Å²) in [6, 6.07) is 3.68. The molecule has 2 rings (SSSR count). The summed E-state index contributed by atoms with van der Waals surface area (Å²) < 4.78 is 27.1. The molecule has 0 saturated carbocycles. The predicted molar refractivity (Wildman–Crippen MR) is 80.5 cm³/mol. The number of halogens is 3. The highest BCUT2D eigenvalue weighted by Crippen LogP contribution is 2.19. The summed E-state index contributed by atoms with van der Waals surface area (Å²) in [4.78, 5) is 13.9. The average Bonchev–Trinajstić information content (AvgIpc) is 2.43. The Bertz CT molecular complexity index is 462. The quantitative estimate of drug-likeness (QED) is 0.924. The molecule has 1 saturated heterocycles. The van der Waals surface area contributed by atoms with Gasteiger partial charge in [-0.2, -0.15) is 0 Å². The van der Waals surface area contributed by atoms with Crippen LogP contribution >= 0.6 is 12.4 Å². The van der Waals surface area contributed by atoms with E-state index in [1.54, 1.807) is 4.90 Å². The van der Waals surface area contributed by atoms with Gasteiger partial charge in [0, 0.05) is 18.7 Å². The molecule has 3 nitrogen and oxygen atoms in total. The Morgan fingerprint density at radius 1 is 1.38 bits per heavy atom. The van der Waals surface area contributed by atoms with Gasteiger partial charge in [0.15, 0.2) is 0 Å². The molecular formula is C15H21ClF2N2O. The van der Waals surface area contributed by atoms with Crippen molar-refractivity contribution in [3.63, 3.8) is 0 Å². The molecule has 6 heteroatoms. The summed E-state index contributed by atoms with van der Waals surface area (Å²) >= 11 is 0. The van der Waals surface area contributed by atoms with Gasteiger partial charge in [0.1, 0.15) is 11.6 Å². The lowest BCUT2D eigenvalue weighted by Crippen LogP contribution is -2.43. The molecule has 1 aromatic rings. The normalized spacial score (nSPS) is 18.2. The lowest BCUT2D eigenvalue weighted by Gasteiger charge is -2.32. The second kappa shape index (κ2) is 8.29. The van der Waals surface area contributed by atoms with Crippen molar-refractivity contribution in [3.8, 4) is 0 Å². The fourth-order valence-corrected chi connectivity index (χ4v) is 2.71. The summed E-state index contributed by atoms with van der Waals surface area (Å²) in [6.45, 7) is 2.20. The number of likely N-dealkylation sites (tertiary alicyclic amines) is 1. The molecule has 21 heavy (non-hydrogen) atoms. The van der Waals surface area contributed by atoms with E-state index < -0.39 is 11.6 Å². The number of hydrogen-bond donors (Lipinski definition) is 1. The highest BCUT2D eigenvalue weighted by Gasteiger charge is 2.24. The van der Waals surface area contributed by atoms with Crippen molar-refractivity contribution in [2.24, 2.45) is 5.92 Å². The molecule has 118 valence electrons. The van der Waals surface area contributed by atoms with Crippen molar-refractivity contribution in [2.75, 3.05) is 26.7 Å². The number of piperidine rings is 1. The molecule has 1 aliphatic rings. The maximum Gasteiger partial charge on any atom is 0.227 e. The van der Waals surface area contributed by atoms with Gasteiger partial charge in [0.25, 0.3) is 0 Å². The lowest BCUT2D eigenvalue weighted by molar-refractivity contribution is -0.132. The number of benzene rings is 1. The highest BCUT2D eigenvalue weighted by molar-refractivity contribution is 5.85. The summed E-state index contributed by atoms with van der Waals surface area (Å²) in [5.41, 5.74) is -0.131. The van der Waals surface area contributed by atoms with E-state index in [1.807, 2.05) is 7.05 Å². The summed E-state index contributed by atoms with van der Waals surface area (Å²) in [7, 11) is 1.88.